The Labute approximate surface area is 193 Å². The van der Waals surface area contributed by atoms with Crippen molar-refractivity contribution in [1.82, 2.24) is 10.2 Å². The lowest BCUT2D eigenvalue weighted by Gasteiger charge is -2.27. The zero-order valence-electron chi connectivity index (χ0n) is 18.0. The van der Waals surface area contributed by atoms with E-state index in [2.05, 4.69) is 26.4 Å². The van der Waals surface area contributed by atoms with E-state index in [0.29, 0.717) is 17.8 Å². The van der Waals surface area contributed by atoms with Crippen LogP contribution in [-0.2, 0) is 10.0 Å². The van der Waals surface area contributed by atoms with Crippen LogP contribution in [0.25, 0.3) is 0 Å². The summed E-state index contributed by atoms with van der Waals surface area (Å²) in [4.78, 5) is 16.6. The topological polar surface area (TPSA) is 78.5 Å². The molecule has 6 nitrogen and oxygen atoms in total. The molecule has 1 aromatic heterocycles. The number of amides is 1. The van der Waals surface area contributed by atoms with E-state index in [1.807, 2.05) is 25.1 Å². The number of anilines is 1. The number of carbonyl (C=O) groups is 1. The van der Waals surface area contributed by atoms with E-state index in [4.69, 9.17) is 0 Å². The summed E-state index contributed by atoms with van der Waals surface area (Å²) in [5.41, 5.74) is 1.85. The molecule has 8 heteroatoms. The molecule has 0 spiro atoms. The molecule has 2 heterocycles. The summed E-state index contributed by atoms with van der Waals surface area (Å²) < 4.78 is 28.2. The third-order valence-corrected chi connectivity index (χ3v) is 7.97. The highest BCUT2D eigenvalue weighted by Gasteiger charge is 2.25. The highest BCUT2D eigenvalue weighted by molar-refractivity contribution is 7.92. The van der Waals surface area contributed by atoms with Gasteiger partial charge in [-0.3, -0.25) is 14.4 Å². The van der Waals surface area contributed by atoms with Gasteiger partial charge < -0.3 is 5.32 Å². The number of aryl methyl sites for hydroxylation is 1. The van der Waals surface area contributed by atoms with Gasteiger partial charge in [-0.15, -0.1) is 11.3 Å². The Balaban J connectivity index is 1.46. The number of hydrogen-bond acceptors (Lipinski definition) is 5. The third kappa shape index (κ3) is 5.38. The second kappa shape index (κ2) is 9.85. The van der Waals surface area contributed by atoms with Gasteiger partial charge in [0.15, 0.2) is 0 Å². The van der Waals surface area contributed by atoms with E-state index in [-0.39, 0.29) is 16.8 Å². The van der Waals surface area contributed by atoms with Gasteiger partial charge in [0, 0.05) is 22.7 Å². The summed E-state index contributed by atoms with van der Waals surface area (Å²) in [5.74, 6) is -0.280. The Kier molecular flexibility index (Phi) is 6.93. The van der Waals surface area contributed by atoms with Crippen molar-refractivity contribution in [2.45, 2.75) is 30.7 Å². The first-order valence-corrected chi connectivity index (χ1v) is 13.0. The van der Waals surface area contributed by atoms with Crippen molar-refractivity contribution in [3.63, 3.8) is 0 Å². The van der Waals surface area contributed by atoms with Gasteiger partial charge in [0.05, 0.1) is 10.9 Å². The zero-order chi connectivity index (χ0) is 22.6. The summed E-state index contributed by atoms with van der Waals surface area (Å²) in [7, 11) is -3.80. The lowest BCUT2D eigenvalue weighted by molar-refractivity contribution is 0.0938. The van der Waals surface area contributed by atoms with E-state index in [9.17, 15) is 13.2 Å². The van der Waals surface area contributed by atoms with Gasteiger partial charge in [-0.05, 0) is 74.6 Å². The lowest BCUT2D eigenvalue weighted by Crippen LogP contribution is -2.36. The lowest BCUT2D eigenvalue weighted by atomic mass is 10.2. The second-order valence-electron chi connectivity index (χ2n) is 7.98. The number of likely N-dealkylation sites (tertiary alicyclic amines) is 1. The maximum absolute atomic E-state index is 12.9. The van der Waals surface area contributed by atoms with Crippen molar-refractivity contribution >= 4 is 33.0 Å². The van der Waals surface area contributed by atoms with Crippen LogP contribution in [0, 0.1) is 6.92 Å². The first kappa shape index (κ1) is 22.5. The molecule has 1 atom stereocenters. The Hall–Kier alpha value is -2.68. The molecular weight excluding hydrogens is 442 g/mol. The monoisotopic (exact) mass is 469 g/mol. The van der Waals surface area contributed by atoms with E-state index < -0.39 is 10.0 Å². The van der Waals surface area contributed by atoms with Crippen LogP contribution in [0.5, 0.6) is 0 Å². The van der Waals surface area contributed by atoms with Crippen LogP contribution < -0.4 is 10.0 Å². The van der Waals surface area contributed by atoms with Crippen molar-refractivity contribution in [3.05, 3.63) is 82.0 Å². The standard InChI is InChI=1S/C24H27N3O3S2/c1-18-9-11-20(12-10-18)26-32(29,30)21-7-4-6-19(16-21)24(28)25-17-22(23-8-5-15-31-23)27-13-2-3-14-27/h4-12,15-16,22,26H,2-3,13-14,17H2,1H3,(H,25,28). The predicted octanol–water partition coefficient (Wildman–Crippen LogP) is 4.42. The van der Waals surface area contributed by atoms with Crippen molar-refractivity contribution in [2.75, 3.05) is 24.4 Å². The molecule has 0 radical (unpaired) electrons. The Morgan fingerprint density at radius 2 is 1.81 bits per heavy atom. The highest BCUT2D eigenvalue weighted by atomic mass is 32.2. The fourth-order valence-electron chi connectivity index (χ4n) is 3.88. The number of nitrogens with one attached hydrogen (secondary N) is 2. The largest absolute Gasteiger partial charge is 0.350 e. The van der Waals surface area contributed by atoms with Crippen molar-refractivity contribution < 1.29 is 13.2 Å². The average molecular weight is 470 g/mol. The first-order valence-electron chi connectivity index (χ1n) is 10.7. The number of carbonyl (C=O) groups excluding carboxylic acids is 1. The molecule has 0 aliphatic carbocycles. The van der Waals surface area contributed by atoms with Gasteiger partial charge in [0.25, 0.3) is 15.9 Å². The van der Waals surface area contributed by atoms with Gasteiger partial charge in [-0.2, -0.15) is 0 Å². The molecule has 3 aromatic rings. The third-order valence-electron chi connectivity index (χ3n) is 5.62. The predicted molar refractivity (Wildman–Crippen MR) is 129 cm³/mol. The Morgan fingerprint density at radius 1 is 1.06 bits per heavy atom. The molecule has 32 heavy (non-hydrogen) atoms. The van der Waals surface area contributed by atoms with Gasteiger partial charge in [-0.1, -0.05) is 29.8 Å². The van der Waals surface area contributed by atoms with Gasteiger partial charge in [0.2, 0.25) is 0 Å². The molecule has 168 valence electrons. The van der Waals surface area contributed by atoms with Crippen LogP contribution in [-0.4, -0.2) is 38.9 Å². The van der Waals surface area contributed by atoms with E-state index in [1.165, 1.54) is 29.9 Å². The molecular formula is C24H27N3O3S2. The van der Waals surface area contributed by atoms with Crippen LogP contribution >= 0.6 is 11.3 Å². The van der Waals surface area contributed by atoms with Gasteiger partial charge in [0.1, 0.15) is 0 Å². The summed E-state index contributed by atoms with van der Waals surface area (Å²) in [5, 5.41) is 5.06. The average Bonchev–Trinajstić information content (AvgIpc) is 3.50. The van der Waals surface area contributed by atoms with E-state index in [0.717, 1.165) is 18.7 Å². The normalized spacial score (nSPS) is 15.4. The van der Waals surface area contributed by atoms with Crippen LogP contribution in [0.1, 0.15) is 39.7 Å². The molecule has 2 aromatic carbocycles. The fraction of sp³-hybridized carbons (Fsp3) is 0.292. The highest BCUT2D eigenvalue weighted by Crippen LogP contribution is 2.28. The first-order chi connectivity index (χ1) is 15.4. The summed E-state index contributed by atoms with van der Waals surface area (Å²) >= 11 is 1.69. The number of rotatable bonds is 8. The maximum atomic E-state index is 12.9. The molecule has 0 bridgehead atoms. The van der Waals surface area contributed by atoms with E-state index >= 15 is 0 Å². The van der Waals surface area contributed by atoms with Crippen molar-refractivity contribution in [3.8, 4) is 0 Å². The quantitative estimate of drug-likeness (QED) is 0.512. The summed E-state index contributed by atoms with van der Waals surface area (Å²) in [6.45, 7) is 4.47. The van der Waals surface area contributed by atoms with E-state index in [1.54, 1.807) is 35.6 Å². The molecule has 1 fully saturated rings. The minimum Gasteiger partial charge on any atom is -0.350 e. The van der Waals surface area contributed by atoms with Crippen LogP contribution in [0.3, 0.4) is 0 Å². The van der Waals surface area contributed by atoms with Crippen LogP contribution in [0.2, 0.25) is 0 Å². The smallest absolute Gasteiger partial charge is 0.261 e. The maximum Gasteiger partial charge on any atom is 0.261 e. The van der Waals surface area contributed by atoms with Crippen LogP contribution in [0.15, 0.2) is 70.9 Å². The molecule has 2 N–H and O–H groups in total. The van der Waals surface area contributed by atoms with Gasteiger partial charge in [-0.25, -0.2) is 8.42 Å². The number of benzene rings is 2. The van der Waals surface area contributed by atoms with Crippen molar-refractivity contribution in [1.29, 1.82) is 0 Å². The minimum atomic E-state index is -3.80. The Morgan fingerprint density at radius 3 is 2.50 bits per heavy atom. The molecule has 4 rings (SSSR count). The second-order valence-corrected chi connectivity index (χ2v) is 10.6. The summed E-state index contributed by atoms with van der Waals surface area (Å²) in [6, 6.07) is 17.5. The molecule has 1 aliphatic heterocycles. The molecule has 1 unspecified atom stereocenters. The molecule has 1 aliphatic rings. The van der Waals surface area contributed by atoms with Gasteiger partial charge >= 0.3 is 0 Å². The number of thiophene rings is 1. The summed E-state index contributed by atoms with van der Waals surface area (Å²) in [6.07, 6.45) is 2.34. The SMILES string of the molecule is Cc1ccc(NS(=O)(=O)c2cccc(C(=O)NCC(c3cccs3)N3CCCC3)c2)cc1. The molecule has 0 saturated carbocycles. The number of nitrogens with zero attached hydrogens (tertiary/aromatic N) is 1. The van der Waals surface area contributed by atoms with Crippen LogP contribution in [0.4, 0.5) is 5.69 Å². The fourth-order valence-corrected chi connectivity index (χ4v) is 5.84. The zero-order valence-corrected chi connectivity index (χ0v) is 19.6. The van der Waals surface area contributed by atoms with Crippen molar-refractivity contribution in [2.24, 2.45) is 0 Å². The minimum absolute atomic E-state index is 0.0556. The molecule has 1 amide bonds. The molecule has 1 saturated heterocycles. The number of sulfonamides is 1. The Bertz CT molecular complexity index is 1150. The number of hydrogen-bond donors (Lipinski definition) is 2.